The van der Waals surface area contributed by atoms with Gasteiger partial charge in [-0.05, 0) is 17.9 Å². The summed E-state index contributed by atoms with van der Waals surface area (Å²) in [6.07, 6.45) is -0.0749. The van der Waals surface area contributed by atoms with Crippen LogP contribution < -0.4 is 10.2 Å². The highest BCUT2D eigenvalue weighted by Crippen LogP contribution is 2.30. The van der Waals surface area contributed by atoms with Gasteiger partial charge in [0, 0.05) is 27.6 Å². The van der Waals surface area contributed by atoms with E-state index < -0.39 is 11.9 Å². The number of aliphatic carboxylic acids is 1. The average Bonchev–Trinajstić information content (AvgIpc) is 2.37. The molecular weight excluding hydrogens is 264 g/mol. The predicted molar refractivity (Wildman–Crippen MR) is 68.6 cm³/mol. The Balaban J connectivity index is 2.42. The molecule has 0 bridgehead atoms. The molecule has 0 unspecified atom stereocenters. The predicted octanol–water partition coefficient (Wildman–Crippen LogP) is 0.435. The van der Waals surface area contributed by atoms with Gasteiger partial charge >= 0.3 is 0 Å². The Morgan fingerprint density at radius 2 is 1.74 bits per heavy atom. The van der Waals surface area contributed by atoms with Crippen LogP contribution in [-0.4, -0.2) is 17.7 Å². The first-order chi connectivity index (χ1) is 9.09. The van der Waals surface area contributed by atoms with Crippen molar-refractivity contribution in [2.45, 2.75) is 11.3 Å². The molecule has 0 fully saturated rings. The minimum absolute atomic E-state index is 0.0749. The van der Waals surface area contributed by atoms with Gasteiger partial charge in [0.05, 0.1) is 5.97 Å². The molecule has 0 saturated heterocycles. The maximum atomic E-state index is 11.1. The molecular formula is C14H10O4S-2. The van der Waals surface area contributed by atoms with Crippen molar-refractivity contribution in [2.75, 3.05) is 5.75 Å². The summed E-state index contributed by atoms with van der Waals surface area (Å²) in [4.78, 5) is 22.3. The van der Waals surface area contributed by atoms with E-state index in [2.05, 4.69) is 0 Å². The van der Waals surface area contributed by atoms with Crippen LogP contribution in [0.2, 0.25) is 0 Å². The number of rotatable bonds is 5. The van der Waals surface area contributed by atoms with Crippen molar-refractivity contribution in [3.8, 4) is 0 Å². The lowest BCUT2D eigenvalue weighted by Crippen LogP contribution is -2.23. The number of benzene rings is 2. The Morgan fingerprint density at radius 1 is 1.05 bits per heavy atom. The van der Waals surface area contributed by atoms with Crippen LogP contribution in [0.4, 0.5) is 0 Å². The lowest BCUT2D eigenvalue weighted by molar-refractivity contribution is -0.305. The standard InChI is InChI=1S/C14H12O4S/c15-12(16)7-8-19-11-6-2-4-9-3-1-5-10(13(9)11)14(17)18/h1-6H,7-8H2,(H,15,16)(H,17,18)/p-2. The normalized spacial score (nSPS) is 10.5. The van der Waals surface area contributed by atoms with Crippen LogP contribution in [0.3, 0.4) is 0 Å². The topological polar surface area (TPSA) is 80.3 Å². The third kappa shape index (κ3) is 3.06. The molecule has 0 spiro atoms. The van der Waals surface area contributed by atoms with Gasteiger partial charge in [-0.15, -0.1) is 11.8 Å². The zero-order chi connectivity index (χ0) is 13.8. The van der Waals surface area contributed by atoms with E-state index in [1.807, 2.05) is 18.2 Å². The van der Waals surface area contributed by atoms with Crippen molar-refractivity contribution in [3.63, 3.8) is 0 Å². The number of thioether (sulfide) groups is 1. The van der Waals surface area contributed by atoms with Crippen LogP contribution in [-0.2, 0) is 4.79 Å². The fourth-order valence-corrected chi connectivity index (χ4v) is 2.88. The van der Waals surface area contributed by atoms with Crippen LogP contribution >= 0.6 is 11.8 Å². The van der Waals surface area contributed by atoms with Crippen molar-refractivity contribution in [2.24, 2.45) is 0 Å². The fourth-order valence-electron chi connectivity index (χ4n) is 1.84. The number of hydrogen-bond acceptors (Lipinski definition) is 5. The smallest absolute Gasteiger partial charge is 0.0721 e. The Morgan fingerprint density at radius 3 is 2.37 bits per heavy atom. The second kappa shape index (κ2) is 5.75. The summed E-state index contributed by atoms with van der Waals surface area (Å²) in [6.45, 7) is 0. The Bertz CT molecular complexity index is 631. The van der Waals surface area contributed by atoms with E-state index >= 15 is 0 Å². The van der Waals surface area contributed by atoms with E-state index in [0.29, 0.717) is 11.1 Å². The van der Waals surface area contributed by atoms with E-state index in [4.69, 9.17) is 0 Å². The Kier molecular flexibility index (Phi) is 4.06. The summed E-state index contributed by atoms with van der Waals surface area (Å²) in [5.74, 6) is -2.02. The first-order valence-corrected chi connectivity index (χ1v) is 6.64. The second-order valence-corrected chi connectivity index (χ2v) is 5.05. The first kappa shape index (κ1) is 13.4. The number of aromatic carboxylic acids is 1. The molecule has 0 aliphatic rings. The van der Waals surface area contributed by atoms with Gasteiger partial charge in [0.25, 0.3) is 0 Å². The Hall–Kier alpha value is -2.01. The van der Waals surface area contributed by atoms with Gasteiger partial charge in [-0.2, -0.15) is 0 Å². The summed E-state index contributed by atoms with van der Waals surface area (Å²) in [5.41, 5.74) is 0.119. The molecule has 0 radical (unpaired) electrons. The van der Waals surface area contributed by atoms with Crippen LogP contribution in [0, 0.1) is 0 Å². The highest BCUT2D eigenvalue weighted by molar-refractivity contribution is 7.99. The molecule has 0 aliphatic heterocycles. The van der Waals surface area contributed by atoms with Crippen molar-refractivity contribution < 1.29 is 19.8 Å². The molecule has 5 heteroatoms. The molecule has 4 nitrogen and oxygen atoms in total. The molecule has 2 aromatic carbocycles. The molecule has 0 heterocycles. The molecule has 2 rings (SSSR count). The molecule has 0 N–H and O–H groups in total. The number of carboxylic acid groups (broad SMARTS) is 2. The minimum atomic E-state index is -1.24. The third-order valence-corrected chi connectivity index (χ3v) is 3.71. The summed E-state index contributed by atoms with van der Waals surface area (Å²) in [7, 11) is 0. The van der Waals surface area contributed by atoms with E-state index in [1.165, 1.54) is 17.8 Å². The fraction of sp³-hybridized carbons (Fsp3) is 0.143. The highest BCUT2D eigenvalue weighted by atomic mass is 32.2. The largest absolute Gasteiger partial charge is 0.550 e. The second-order valence-electron chi connectivity index (χ2n) is 3.92. The zero-order valence-corrected chi connectivity index (χ0v) is 10.7. The van der Waals surface area contributed by atoms with Gasteiger partial charge in [0.1, 0.15) is 0 Å². The van der Waals surface area contributed by atoms with Crippen LogP contribution in [0.1, 0.15) is 16.8 Å². The van der Waals surface area contributed by atoms with E-state index in [1.54, 1.807) is 12.1 Å². The van der Waals surface area contributed by atoms with Gasteiger partial charge in [0.2, 0.25) is 0 Å². The van der Waals surface area contributed by atoms with E-state index in [9.17, 15) is 19.8 Å². The summed E-state index contributed by atoms with van der Waals surface area (Å²) < 4.78 is 0. The van der Waals surface area contributed by atoms with Crippen LogP contribution in [0.15, 0.2) is 41.3 Å². The molecule has 0 aliphatic carbocycles. The average molecular weight is 274 g/mol. The highest BCUT2D eigenvalue weighted by Gasteiger charge is 2.07. The molecule has 19 heavy (non-hydrogen) atoms. The van der Waals surface area contributed by atoms with Crippen LogP contribution in [0.25, 0.3) is 10.8 Å². The maximum Gasteiger partial charge on any atom is 0.0721 e. The maximum absolute atomic E-state index is 11.1. The van der Waals surface area contributed by atoms with Crippen LogP contribution in [0.5, 0.6) is 0 Å². The van der Waals surface area contributed by atoms with Crippen molar-refractivity contribution in [1.29, 1.82) is 0 Å². The lowest BCUT2D eigenvalue weighted by Gasteiger charge is -2.12. The van der Waals surface area contributed by atoms with Gasteiger partial charge in [-0.1, -0.05) is 30.3 Å². The van der Waals surface area contributed by atoms with Gasteiger partial charge in [0.15, 0.2) is 0 Å². The molecule has 98 valence electrons. The van der Waals surface area contributed by atoms with Gasteiger partial charge in [-0.3, -0.25) is 0 Å². The first-order valence-electron chi connectivity index (χ1n) is 5.65. The van der Waals surface area contributed by atoms with E-state index in [-0.39, 0.29) is 12.0 Å². The number of hydrogen-bond donors (Lipinski definition) is 0. The molecule has 0 amide bonds. The van der Waals surface area contributed by atoms with Gasteiger partial charge < -0.3 is 19.8 Å². The van der Waals surface area contributed by atoms with Gasteiger partial charge in [-0.25, -0.2) is 0 Å². The van der Waals surface area contributed by atoms with Crippen molar-refractivity contribution >= 4 is 34.5 Å². The quantitative estimate of drug-likeness (QED) is 0.739. The number of carboxylic acids is 2. The SMILES string of the molecule is O=C([O-])CCSc1cccc2cccc(C(=O)[O-])c12. The van der Waals surface area contributed by atoms with Crippen molar-refractivity contribution in [1.82, 2.24) is 0 Å². The minimum Gasteiger partial charge on any atom is -0.550 e. The number of carbonyl (C=O) groups excluding carboxylic acids is 2. The van der Waals surface area contributed by atoms with E-state index in [0.717, 1.165) is 10.3 Å². The zero-order valence-electron chi connectivity index (χ0n) is 9.92. The molecule has 0 saturated carbocycles. The number of carbonyl (C=O) groups is 2. The molecule has 2 aromatic rings. The summed E-state index contributed by atoms with van der Waals surface area (Å²) in [6, 6.07) is 10.3. The summed E-state index contributed by atoms with van der Waals surface area (Å²) >= 11 is 1.30. The van der Waals surface area contributed by atoms with Crippen molar-refractivity contribution in [3.05, 3.63) is 42.0 Å². The molecule has 0 atom stereocenters. The molecule has 0 aromatic heterocycles. The third-order valence-electron chi connectivity index (χ3n) is 2.65. The lowest BCUT2D eigenvalue weighted by atomic mass is 10.0. The Labute approximate surface area is 114 Å². The monoisotopic (exact) mass is 274 g/mol. The summed E-state index contributed by atoms with van der Waals surface area (Å²) in [5, 5.41) is 22.9. The number of fused-ring (bicyclic) bond motifs is 1.